The van der Waals surface area contributed by atoms with Crippen molar-refractivity contribution in [3.05, 3.63) is 81.9 Å². The summed E-state index contributed by atoms with van der Waals surface area (Å²) in [5.74, 6) is -0.211. The standard InChI is InChI=1S/C21H14ClNO4S2/c22-16-7-2-1-6-15(16)17-9-8-14(27-17)11-18-19(24)23(21(28)29-18)13-5-3-4-12(10-13)20(25)26/h1-11,21,28H,(H,25,26)/b18-11+. The number of thioether (sulfide) groups is 1. The molecule has 0 saturated carbocycles. The third-order valence-corrected chi connectivity index (χ3v) is 6.14. The van der Waals surface area contributed by atoms with Crippen LogP contribution in [-0.4, -0.2) is 21.7 Å². The number of hydrogen-bond donors (Lipinski definition) is 2. The molecule has 5 nitrogen and oxygen atoms in total. The quantitative estimate of drug-likeness (QED) is 0.403. The Balaban J connectivity index is 1.62. The van der Waals surface area contributed by atoms with Crippen LogP contribution in [-0.2, 0) is 4.79 Å². The lowest BCUT2D eigenvalue weighted by atomic mass is 10.2. The number of anilines is 1. The van der Waals surface area contributed by atoms with Gasteiger partial charge in [-0.25, -0.2) is 4.79 Å². The van der Waals surface area contributed by atoms with Gasteiger partial charge in [0.05, 0.1) is 15.5 Å². The van der Waals surface area contributed by atoms with E-state index in [1.807, 2.05) is 18.2 Å². The molecule has 1 fully saturated rings. The van der Waals surface area contributed by atoms with Crippen LogP contribution in [0.3, 0.4) is 0 Å². The van der Waals surface area contributed by atoms with Gasteiger partial charge < -0.3 is 9.52 Å². The molecule has 1 aromatic heterocycles. The van der Waals surface area contributed by atoms with Crippen molar-refractivity contribution in [1.82, 2.24) is 0 Å². The van der Waals surface area contributed by atoms with Gasteiger partial charge in [-0.1, -0.05) is 41.6 Å². The van der Waals surface area contributed by atoms with Gasteiger partial charge in [0.1, 0.15) is 16.2 Å². The van der Waals surface area contributed by atoms with Gasteiger partial charge in [0, 0.05) is 17.3 Å². The van der Waals surface area contributed by atoms with Crippen molar-refractivity contribution < 1.29 is 19.1 Å². The van der Waals surface area contributed by atoms with E-state index >= 15 is 0 Å². The van der Waals surface area contributed by atoms with Gasteiger partial charge >= 0.3 is 5.97 Å². The maximum absolute atomic E-state index is 12.9. The lowest BCUT2D eigenvalue weighted by Crippen LogP contribution is -2.29. The molecule has 2 heterocycles. The zero-order valence-corrected chi connectivity index (χ0v) is 17.2. The van der Waals surface area contributed by atoms with E-state index in [9.17, 15) is 14.7 Å². The van der Waals surface area contributed by atoms with Crippen molar-refractivity contribution in [2.75, 3.05) is 4.90 Å². The Bertz CT molecular complexity index is 1140. The summed E-state index contributed by atoms with van der Waals surface area (Å²) >= 11 is 11.9. The zero-order valence-electron chi connectivity index (χ0n) is 14.8. The normalized spacial score (nSPS) is 17.9. The number of benzene rings is 2. The summed E-state index contributed by atoms with van der Waals surface area (Å²) in [6.45, 7) is 0. The van der Waals surface area contributed by atoms with Crippen molar-refractivity contribution in [3.63, 3.8) is 0 Å². The van der Waals surface area contributed by atoms with E-state index in [4.69, 9.17) is 16.0 Å². The number of carboxylic acid groups (broad SMARTS) is 1. The second-order valence-electron chi connectivity index (χ2n) is 6.17. The number of aromatic carboxylic acids is 1. The molecule has 4 rings (SSSR count). The fraction of sp³-hybridized carbons (Fsp3) is 0.0476. The minimum absolute atomic E-state index is 0.105. The molecular weight excluding hydrogens is 430 g/mol. The number of hydrogen-bond acceptors (Lipinski definition) is 5. The summed E-state index contributed by atoms with van der Waals surface area (Å²) in [5.41, 5.74) is 1.35. The van der Waals surface area contributed by atoms with Crippen LogP contribution >= 0.6 is 36.0 Å². The molecule has 1 N–H and O–H groups in total. The van der Waals surface area contributed by atoms with E-state index in [2.05, 4.69) is 12.6 Å². The third kappa shape index (κ3) is 3.94. The number of halogens is 1. The maximum atomic E-state index is 12.9. The zero-order chi connectivity index (χ0) is 20.5. The van der Waals surface area contributed by atoms with E-state index in [1.165, 1.54) is 28.8 Å². The van der Waals surface area contributed by atoms with Gasteiger partial charge in [-0.2, -0.15) is 0 Å². The van der Waals surface area contributed by atoms with Crippen LogP contribution in [0.5, 0.6) is 0 Å². The van der Waals surface area contributed by atoms with E-state index in [-0.39, 0.29) is 11.5 Å². The Morgan fingerprint density at radius 1 is 1.17 bits per heavy atom. The SMILES string of the molecule is O=C(O)c1cccc(N2C(=O)/C(=C\c3ccc(-c4ccccc4Cl)o3)SC2S)c1. The number of carbonyl (C=O) groups is 2. The first-order chi connectivity index (χ1) is 13.9. The Labute approximate surface area is 181 Å². The molecule has 1 unspecified atom stereocenters. The molecular formula is C21H14ClNO4S2. The topological polar surface area (TPSA) is 70.8 Å². The Morgan fingerprint density at radius 3 is 2.72 bits per heavy atom. The number of rotatable bonds is 4. The molecule has 1 amide bonds. The molecule has 1 atom stereocenters. The van der Waals surface area contributed by atoms with Crippen LogP contribution in [0.25, 0.3) is 17.4 Å². The van der Waals surface area contributed by atoms with Crippen LogP contribution < -0.4 is 4.90 Å². The summed E-state index contributed by atoms with van der Waals surface area (Å²) < 4.78 is 5.36. The van der Waals surface area contributed by atoms with Gasteiger partial charge in [-0.15, -0.1) is 12.6 Å². The van der Waals surface area contributed by atoms with Gasteiger partial charge in [0.25, 0.3) is 5.91 Å². The number of carbonyl (C=O) groups excluding carboxylic acids is 1. The summed E-state index contributed by atoms with van der Waals surface area (Å²) in [7, 11) is 0. The van der Waals surface area contributed by atoms with Gasteiger partial charge in [-0.3, -0.25) is 9.69 Å². The lowest BCUT2D eigenvalue weighted by Gasteiger charge is -2.19. The Kier molecular flexibility index (Phi) is 5.45. The van der Waals surface area contributed by atoms with Crippen LogP contribution in [0.1, 0.15) is 16.1 Å². The summed E-state index contributed by atoms with van der Waals surface area (Å²) in [6.07, 6.45) is 1.65. The summed E-state index contributed by atoms with van der Waals surface area (Å²) in [6, 6.07) is 17.1. The Morgan fingerprint density at radius 2 is 1.97 bits per heavy atom. The molecule has 1 saturated heterocycles. The third-order valence-electron chi connectivity index (χ3n) is 4.29. The van der Waals surface area contributed by atoms with E-state index in [0.29, 0.717) is 27.1 Å². The van der Waals surface area contributed by atoms with Crippen molar-refractivity contribution >= 4 is 59.6 Å². The van der Waals surface area contributed by atoms with Crippen molar-refractivity contribution in [2.45, 2.75) is 4.71 Å². The van der Waals surface area contributed by atoms with Gasteiger partial charge in [0.2, 0.25) is 0 Å². The second kappa shape index (κ2) is 8.02. The molecule has 29 heavy (non-hydrogen) atoms. The fourth-order valence-electron chi connectivity index (χ4n) is 2.93. The number of furan rings is 1. The first-order valence-corrected chi connectivity index (χ1v) is 10.3. The smallest absolute Gasteiger partial charge is 0.335 e. The number of nitrogens with zero attached hydrogens (tertiary/aromatic N) is 1. The van der Waals surface area contributed by atoms with Gasteiger partial charge in [-0.05, 0) is 42.5 Å². The molecule has 3 aromatic rings. The van der Waals surface area contributed by atoms with Crippen molar-refractivity contribution in [3.8, 4) is 11.3 Å². The number of carboxylic acids is 1. The summed E-state index contributed by atoms with van der Waals surface area (Å²) in [5, 5.41) is 9.76. The van der Waals surface area contributed by atoms with E-state index < -0.39 is 10.7 Å². The fourth-order valence-corrected chi connectivity index (χ4v) is 4.67. The summed E-state index contributed by atoms with van der Waals surface area (Å²) in [4.78, 5) is 26.0. The van der Waals surface area contributed by atoms with Gasteiger partial charge in [0.15, 0.2) is 0 Å². The molecule has 0 bridgehead atoms. The second-order valence-corrected chi connectivity index (χ2v) is 8.53. The largest absolute Gasteiger partial charge is 0.478 e. The highest BCUT2D eigenvalue weighted by Crippen LogP contribution is 2.41. The highest BCUT2D eigenvalue weighted by Gasteiger charge is 2.35. The highest BCUT2D eigenvalue weighted by atomic mass is 35.5. The van der Waals surface area contributed by atoms with E-state index in [0.717, 1.165) is 5.56 Å². The van der Waals surface area contributed by atoms with Crippen molar-refractivity contribution in [2.24, 2.45) is 0 Å². The molecule has 0 aliphatic carbocycles. The van der Waals surface area contributed by atoms with E-state index in [1.54, 1.807) is 36.4 Å². The van der Waals surface area contributed by atoms with Crippen molar-refractivity contribution in [1.29, 1.82) is 0 Å². The minimum atomic E-state index is -1.06. The first kappa shape index (κ1) is 19.7. The minimum Gasteiger partial charge on any atom is -0.478 e. The number of amides is 1. The van der Waals surface area contributed by atoms with Crippen LogP contribution in [0.2, 0.25) is 5.02 Å². The molecule has 0 radical (unpaired) electrons. The molecule has 2 aromatic carbocycles. The molecule has 1 aliphatic rings. The molecule has 8 heteroatoms. The van der Waals surface area contributed by atoms with Crippen LogP contribution in [0.4, 0.5) is 5.69 Å². The van der Waals surface area contributed by atoms with Crippen LogP contribution in [0.15, 0.2) is 70.0 Å². The molecule has 146 valence electrons. The lowest BCUT2D eigenvalue weighted by molar-refractivity contribution is -0.114. The monoisotopic (exact) mass is 443 g/mol. The highest BCUT2D eigenvalue weighted by molar-refractivity contribution is 8.14. The predicted octanol–water partition coefficient (Wildman–Crippen LogP) is 5.63. The average Bonchev–Trinajstić information content (AvgIpc) is 3.27. The average molecular weight is 444 g/mol. The Hall–Kier alpha value is -2.61. The number of thiol groups is 1. The maximum Gasteiger partial charge on any atom is 0.335 e. The van der Waals surface area contributed by atoms with Crippen LogP contribution in [0, 0.1) is 0 Å². The first-order valence-electron chi connectivity index (χ1n) is 8.52. The predicted molar refractivity (Wildman–Crippen MR) is 118 cm³/mol. The molecule has 0 spiro atoms. The molecule has 1 aliphatic heterocycles.